The number of hydrogen-bond acceptors (Lipinski definition) is 3. The Balaban J connectivity index is 2.45. The van der Waals surface area contributed by atoms with Crippen LogP contribution in [0.2, 0.25) is 0 Å². The van der Waals surface area contributed by atoms with E-state index in [1.54, 1.807) is 0 Å². The maximum atomic E-state index is 10.8. The number of carbonyl (C=O) groups is 1. The monoisotopic (exact) mass is 216 g/mol. The molecule has 2 unspecified atom stereocenters. The van der Waals surface area contributed by atoms with E-state index in [-0.39, 0.29) is 18.4 Å². The van der Waals surface area contributed by atoms with Gasteiger partial charge in [-0.2, -0.15) is 0 Å². The van der Waals surface area contributed by atoms with Gasteiger partial charge in [-0.15, -0.1) is 0 Å². The van der Waals surface area contributed by atoms with Crippen molar-refractivity contribution in [3.05, 3.63) is 0 Å². The van der Waals surface area contributed by atoms with Crippen LogP contribution in [0.15, 0.2) is 0 Å². The standard InChI is InChI=1S/C10H20N2O3/c1-7(2)11-3-8-4-12(10(14)15)5-9(8)6-13/h7-9,11,13H,3-6H2,1-2H3,(H,14,15). The van der Waals surface area contributed by atoms with Crippen LogP contribution < -0.4 is 5.32 Å². The number of rotatable bonds is 4. The predicted molar refractivity (Wildman–Crippen MR) is 56.8 cm³/mol. The first-order chi connectivity index (χ1) is 7.04. The van der Waals surface area contributed by atoms with Gasteiger partial charge in [-0.05, 0) is 5.92 Å². The molecule has 15 heavy (non-hydrogen) atoms. The van der Waals surface area contributed by atoms with Crippen molar-refractivity contribution in [2.24, 2.45) is 11.8 Å². The molecule has 1 heterocycles. The number of aliphatic hydroxyl groups excluding tert-OH is 1. The van der Waals surface area contributed by atoms with E-state index in [0.717, 1.165) is 6.54 Å². The molecule has 1 aliphatic rings. The molecule has 5 nitrogen and oxygen atoms in total. The Morgan fingerprint density at radius 2 is 2.07 bits per heavy atom. The third kappa shape index (κ3) is 3.35. The van der Waals surface area contributed by atoms with Gasteiger partial charge in [0.15, 0.2) is 0 Å². The Hall–Kier alpha value is -0.810. The van der Waals surface area contributed by atoms with Crippen LogP contribution in [0.1, 0.15) is 13.8 Å². The maximum Gasteiger partial charge on any atom is 0.407 e. The highest BCUT2D eigenvalue weighted by molar-refractivity contribution is 5.65. The molecule has 5 heteroatoms. The Bertz CT molecular complexity index is 221. The quantitative estimate of drug-likeness (QED) is 0.628. The molecule has 1 amide bonds. The van der Waals surface area contributed by atoms with Crippen molar-refractivity contribution in [2.75, 3.05) is 26.2 Å². The summed E-state index contributed by atoms with van der Waals surface area (Å²) in [5.74, 6) is 0.306. The van der Waals surface area contributed by atoms with Gasteiger partial charge >= 0.3 is 6.09 Å². The lowest BCUT2D eigenvalue weighted by Crippen LogP contribution is -2.33. The van der Waals surface area contributed by atoms with Gasteiger partial charge in [0.25, 0.3) is 0 Å². The van der Waals surface area contributed by atoms with Gasteiger partial charge in [0.2, 0.25) is 0 Å². The van der Waals surface area contributed by atoms with Gasteiger partial charge in [0.05, 0.1) is 0 Å². The number of amides is 1. The van der Waals surface area contributed by atoms with E-state index in [9.17, 15) is 4.79 Å². The summed E-state index contributed by atoms with van der Waals surface area (Å²) < 4.78 is 0. The molecule has 1 aliphatic heterocycles. The summed E-state index contributed by atoms with van der Waals surface area (Å²) in [6.07, 6.45) is -0.888. The van der Waals surface area contributed by atoms with Crippen LogP contribution in [0.5, 0.6) is 0 Å². The summed E-state index contributed by atoms with van der Waals surface area (Å²) in [6.45, 7) is 5.92. The summed E-state index contributed by atoms with van der Waals surface area (Å²) in [6, 6.07) is 0.392. The first kappa shape index (κ1) is 12.3. The number of hydrogen-bond donors (Lipinski definition) is 3. The molecule has 3 N–H and O–H groups in total. The van der Waals surface area contributed by atoms with E-state index in [2.05, 4.69) is 19.2 Å². The third-order valence-electron chi connectivity index (χ3n) is 2.87. The zero-order chi connectivity index (χ0) is 11.4. The molecule has 0 bridgehead atoms. The molecule has 1 fully saturated rings. The van der Waals surface area contributed by atoms with Gasteiger partial charge in [-0.25, -0.2) is 4.79 Å². The van der Waals surface area contributed by atoms with Crippen LogP contribution in [-0.4, -0.2) is 53.5 Å². The van der Waals surface area contributed by atoms with Crippen LogP contribution in [0.25, 0.3) is 0 Å². The van der Waals surface area contributed by atoms with Crippen LogP contribution in [-0.2, 0) is 0 Å². The highest BCUT2D eigenvalue weighted by atomic mass is 16.4. The molecule has 0 radical (unpaired) electrons. The molecule has 0 aliphatic carbocycles. The summed E-state index contributed by atoms with van der Waals surface area (Å²) >= 11 is 0. The topological polar surface area (TPSA) is 72.8 Å². The van der Waals surface area contributed by atoms with E-state index < -0.39 is 6.09 Å². The smallest absolute Gasteiger partial charge is 0.407 e. The third-order valence-corrected chi connectivity index (χ3v) is 2.87. The first-order valence-electron chi connectivity index (χ1n) is 5.36. The summed E-state index contributed by atoms with van der Waals surface area (Å²) in [7, 11) is 0. The summed E-state index contributed by atoms with van der Waals surface area (Å²) in [5, 5.41) is 21.3. The van der Waals surface area contributed by atoms with Crippen molar-refractivity contribution in [1.29, 1.82) is 0 Å². The number of aliphatic hydroxyl groups is 1. The Kier molecular flexibility index (Phi) is 4.35. The van der Waals surface area contributed by atoms with E-state index >= 15 is 0 Å². The van der Waals surface area contributed by atoms with Crippen molar-refractivity contribution in [1.82, 2.24) is 10.2 Å². The first-order valence-corrected chi connectivity index (χ1v) is 5.36. The zero-order valence-electron chi connectivity index (χ0n) is 9.31. The molecule has 0 aromatic carbocycles. The van der Waals surface area contributed by atoms with E-state index in [1.807, 2.05) is 0 Å². The Morgan fingerprint density at radius 1 is 1.47 bits per heavy atom. The van der Waals surface area contributed by atoms with Crippen LogP contribution in [0.4, 0.5) is 4.79 Å². The molecular weight excluding hydrogens is 196 g/mol. The number of nitrogens with one attached hydrogen (secondary N) is 1. The SMILES string of the molecule is CC(C)NCC1CN(C(=O)O)CC1CO. The second kappa shape index (κ2) is 5.32. The van der Waals surface area contributed by atoms with Crippen LogP contribution in [0, 0.1) is 11.8 Å². The van der Waals surface area contributed by atoms with Crippen LogP contribution >= 0.6 is 0 Å². The molecule has 2 atom stereocenters. The lowest BCUT2D eigenvalue weighted by atomic mass is 9.97. The Morgan fingerprint density at radius 3 is 2.53 bits per heavy atom. The van der Waals surface area contributed by atoms with Crippen LogP contribution in [0.3, 0.4) is 0 Å². The highest BCUT2D eigenvalue weighted by Crippen LogP contribution is 2.22. The van der Waals surface area contributed by atoms with Crippen molar-refractivity contribution >= 4 is 6.09 Å². The second-order valence-electron chi connectivity index (χ2n) is 4.45. The van der Waals surface area contributed by atoms with Crippen molar-refractivity contribution in [3.8, 4) is 0 Å². The van der Waals surface area contributed by atoms with Gasteiger partial charge in [0.1, 0.15) is 0 Å². The average Bonchev–Trinajstić information content (AvgIpc) is 2.57. The molecule has 1 rings (SSSR count). The summed E-state index contributed by atoms with van der Waals surface area (Å²) in [4.78, 5) is 12.2. The average molecular weight is 216 g/mol. The predicted octanol–water partition coefficient (Wildman–Crippen LogP) is 0.203. The summed E-state index contributed by atoms with van der Waals surface area (Å²) in [5.41, 5.74) is 0. The fourth-order valence-electron chi connectivity index (χ4n) is 1.92. The van der Waals surface area contributed by atoms with Gasteiger partial charge in [0, 0.05) is 38.2 Å². The maximum absolute atomic E-state index is 10.8. The normalized spacial score (nSPS) is 26.3. The second-order valence-corrected chi connectivity index (χ2v) is 4.45. The number of carboxylic acid groups (broad SMARTS) is 1. The largest absolute Gasteiger partial charge is 0.465 e. The molecule has 0 spiro atoms. The number of nitrogens with zero attached hydrogens (tertiary/aromatic N) is 1. The Labute approximate surface area is 90.1 Å². The van der Waals surface area contributed by atoms with Gasteiger partial charge < -0.3 is 20.4 Å². The van der Waals surface area contributed by atoms with Crippen molar-refractivity contribution < 1.29 is 15.0 Å². The molecule has 0 aromatic heterocycles. The van der Waals surface area contributed by atoms with E-state index in [1.165, 1.54) is 4.90 Å². The lowest BCUT2D eigenvalue weighted by Gasteiger charge is -2.17. The molecule has 0 aromatic rings. The van der Waals surface area contributed by atoms with Gasteiger partial charge in [-0.1, -0.05) is 13.8 Å². The number of likely N-dealkylation sites (tertiary alicyclic amines) is 1. The minimum Gasteiger partial charge on any atom is -0.465 e. The molecular formula is C10H20N2O3. The van der Waals surface area contributed by atoms with Gasteiger partial charge in [-0.3, -0.25) is 0 Å². The minimum absolute atomic E-state index is 0.0637. The van der Waals surface area contributed by atoms with Crippen molar-refractivity contribution in [3.63, 3.8) is 0 Å². The van der Waals surface area contributed by atoms with E-state index in [0.29, 0.717) is 19.1 Å². The lowest BCUT2D eigenvalue weighted by molar-refractivity contribution is 0.150. The minimum atomic E-state index is -0.888. The van der Waals surface area contributed by atoms with Crippen molar-refractivity contribution in [2.45, 2.75) is 19.9 Å². The fourth-order valence-corrected chi connectivity index (χ4v) is 1.92. The highest BCUT2D eigenvalue weighted by Gasteiger charge is 2.34. The molecule has 0 saturated carbocycles. The zero-order valence-corrected chi connectivity index (χ0v) is 9.31. The molecule has 88 valence electrons. The molecule has 1 saturated heterocycles. The van der Waals surface area contributed by atoms with E-state index in [4.69, 9.17) is 10.2 Å². The fraction of sp³-hybridized carbons (Fsp3) is 0.900.